The van der Waals surface area contributed by atoms with Gasteiger partial charge in [-0.2, -0.15) is 0 Å². The molecule has 0 bridgehead atoms. The highest BCUT2D eigenvalue weighted by molar-refractivity contribution is 5.77. The van der Waals surface area contributed by atoms with Crippen LogP contribution in [0.1, 0.15) is 40.0 Å². The Kier molecular flexibility index (Phi) is 4.28. The second kappa shape index (κ2) is 5.57. The summed E-state index contributed by atoms with van der Waals surface area (Å²) in [4.78, 5) is 11.9. The van der Waals surface area contributed by atoms with Crippen LogP contribution in [-0.4, -0.2) is 37.2 Å². The van der Waals surface area contributed by atoms with Gasteiger partial charge in [-0.3, -0.25) is 4.79 Å². The van der Waals surface area contributed by atoms with Crippen molar-refractivity contribution in [2.24, 2.45) is 11.8 Å². The fourth-order valence-electron chi connectivity index (χ4n) is 3.09. The molecule has 2 aliphatic rings. The van der Waals surface area contributed by atoms with Crippen molar-refractivity contribution < 1.29 is 9.53 Å². The average molecular weight is 254 g/mol. The van der Waals surface area contributed by atoms with E-state index in [2.05, 4.69) is 24.5 Å². The number of carbonyl (C=O) groups excluding carboxylic acids is 1. The van der Waals surface area contributed by atoms with Crippen molar-refractivity contribution in [3.63, 3.8) is 0 Å². The van der Waals surface area contributed by atoms with Gasteiger partial charge in [-0.05, 0) is 31.6 Å². The van der Waals surface area contributed by atoms with Gasteiger partial charge in [-0.15, -0.1) is 0 Å². The molecular formula is C14H26N2O2. The van der Waals surface area contributed by atoms with E-state index in [0.717, 1.165) is 25.4 Å². The number of hydrogen-bond acceptors (Lipinski definition) is 3. The minimum Gasteiger partial charge on any atom is -0.363 e. The molecule has 0 aromatic carbocycles. The first-order valence-corrected chi connectivity index (χ1v) is 7.18. The van der Waals surface area contributed by atoms with E-state index in [-0.39, 0.29) is 18.1 Å². The van der Waals surface area contributed by atoms with Gasteiger partial charge in [-0.1, -0.05) is 20.3 Å². The lowest BCUT2D eigenvalue weighted by Crippen LogP contribution is -2.59. The Morgan fingerprint density at radius 3 is 2.67 bits per heavy atom. The van der Waals surface area contributed by atoms with Crippen LogP contribution in [0.4, 0.5) is 0 Å². The summed E-state index contributed by atoms with van der Waals surface area (Å²) in [5, 5.41) is 6.29. The minimum absolute atomic E-state index is 0.0386. The first-order valence-electron chi connectivity index (χ1n) is 7.18. The molecule has 0 spiro atoms. The number of hydrogen-bond donors (Lipinski definition) is 2. The van der Waals surface area contributed by atoms with Crippen molar-refractivity contribution in [2.75, 3.05) is 19.7 Å². The first-order chi connectivity index (χ1) is 8.54. The number of carbonyl (C=O) groups is 1. The largest absolute Gasteiger partial charge is 0.363 e. The maximum atomic E-state index is 11.9. The van der Waals surface area contributed by atoms with E-state index in [9.17, 15) is 4.79 Å². The monoisotopic (exact) mass is 254 g/mol. The van der Waals surface area contributed by atoms with Crippen molar-refractivity contribution in [1.82, 2.24) is 10.6 Å². The van der Waals surface area contributed by atoms with Crippen LogP contribution >= 0.6 is 0 Å². The maximum Gasteiger partial charge on any atom is 0.246 e. The second-order valence-corrected chi connectivity index (χ2v) is 6.12. The summed E-state index contributed by atoms with van der Waals surface area (Å²) < 4.78 is 5.65. The van der Waals surface area contributed by atoms with Gasteiger partial charge in [0.25, 0.3) is 0 Å². The van der Waals surface area contributed by atoms with E-state index in [1.54, 1.807) is 0 Å². The summed E-state index contributed by atoms with van der Waals surface area (Å²) in [5.74, 6) is 1.40. The highest BCUT2D eigenvalue weighted by Crippen LogP contribution is 2.33. The molecule has 2 N–H and O–H groups in total. The Hall–Kier alpha value is -0.610. The molecule has 0 aromatic rings. The summed E-state index contributed by atoms with van der Waals surface area (Å²) in [6.07, 6.45) is 3.57. The first kappa shape index (κ1) is 13.8. The van der Waals surface area contributed by atoms with Gasteiger partial charge in [-0.25, -0.2) is 0 Å². The van der Waals surface area contributed by atoms with Gasteiger partial charge in [0.15, 0.2) is 0 Å². The average Bonchev–Trinajstić information content (AvgIpc) is 2.65. The fourth-order valence-corrected chi connectivity index (χ4v) is 3.09. The predicted molar refractivity (Wildman–Crippen MR) is 71.3 cm³/mol. The van der Waals surface area contributed by atoms with Crippen molar-refractivity contribution in [2.45, 2.75) is 51.7 Å². The number of rotatable bonds is 5. The smallest absolute Gasteiger partial charge is 0.246 e. The van der Waals surface area contributed by atoms with Crippen LogP contribution in [-0.2, 0) is 9.53 Å². The van der Waals surface area contributed by atoms with Gasteiger partial charge in [0, 0.05) is 19.1 Å². The Bertz CT molecular complexity index is 302. The quantitative estimate of drug-likeness (QED) is 0.777. The SMILES string of the molecule is CCC1CCC(NC(=O)COC2(C)CNC2)C1C. The van der Waals surface area contributed by atoms with E-state index < -0.39 is 0 Å². The number of amides is 1. The molecule has 4 heteroatoms. The van der Waals surface area contributed by atoms with Crippen molar-refractivity contribution in [1.29, 1.82) is 0 Å². The summed E-state index contributed by atoms with van der Waals surface area (Å²) in [7, 11) is 0. The third kappa shape index (κ3) is 3.04. The van der Waals surface area contributed by atoms with Crippen LogP contribution in [0.15, 0.2) is 0 Å². The Labute approximate surface area is 110 Å². The Morgan fingerprint density at radius 2 is 2.17 bits per heavy atom. The third-order valence-corrected chi connectivity index (χ3v) is 4.65. The highest BCUT2D eigenvalue weighted by atomic mass is 16.5. The summed E-state index contributed by atoms with van der Waals surface area (Å²) in [6.45, 7) is 8.42. The van der Waals surface area contributed by atoms with Crippen molar-refractivity contribution in [3.8, 4) is 0 Å². The molecule has 3 unspecified atom stereocenters. The van der Waals surface area contributed by atoms with Gasteiger partial charge in [0.1, 0.15) is 6.61 Å². The molecule has 18 heavy (non-hydrogen) atoms. The molecule has 0 radical (unpaired) electrons. The van der Waals surface area contributed by atoms with Crippen LogP contribution in [0.2, 0.25) is 0 Å². The molecule has 1 saturated heterocycles. The lowest BCUT2D eigenvalue weighted by Gasteiger charge is -2.38. The van der Waals surface area contributed by atoms with Gasteiger partial charge >= 0.3 is 0 Å². The topological polar surface area (TPSA) is 50.4 Å². The predicted octanol–water partition coefficient (Wildman–Crippen LogP) is 1.31. The molecule has 1 aliphatic heterocycles. The third-order valence-electron chi connectivity index (χ3n) is 4.65. The zero-order chi connectivity index (χ0) is 13.2. The molecule has 0 aromatic heterocycles. The summed E-state index contributed by atoms with van der Waals surface area (Å²) in [6, 6.07) is 0.346. The Morgan fingerprint density at radius 1 is 1.44 bits per heavy atom. The van der Waals surface area contributed by atoms with Crippen LogP contribution in [0.3, 0.4) is 0 Å². The van der Waals surface area contributed by atoms with E-state index in [4.69, 9.17) is 4.74 Å². The normalized spacial score (nSPS) is 34.1. The highest BCUT2D eigenvalue weighted by Gasteiger charge is 2.35. The molecule has 4 nitrogen and oxygen atoms in total. The molecule has 2 fully saturated rings. The van der Waals surface area contributed by atoms with E-state index in [1.807, 2.05) is 6.92 Å². The molecule has 3 atom stereocenters. The van der Waals surface area contributed by atoms with Crippen LogP contribution in [0, 0.1) is 11.8 Å². The zero-order valence-electron chi connectivity index (χ0n) is 11.8. The van der Waals surface area contributed by atoms with Crippen molar-refractivity contribution in [3.05, 3.63) is 0 Å². The zero-order valence-corrected chi connectivity index (χ0v) is 11.8. The summed E-state index contributed by atoms with van der Waals surface area (Å²) >= 11 is 0. The lowest BCUT2D eigenvalue weighted by atomic mass is 9.93. The maximum absolute atomic E-state index is 11.9. The van der Waals surface area contributed by atoms with E-state index >= 15 is 0 Å². The van der Waals surface area contributed by atoms with Gasteiger partial charge < -0.3 is 15.4 Å². The van der Waals surface area contributed by atoms with E-state index in [0.29, 0.717) is 12.0 Å². The Balaban J connectivity index is 1.71. The minimum atomic E-state index is -0.134. The van der Waals surface area contributed by atoms with Crippen molar-refractivity contribution >= 4 is 5.91 Å². The van der Waals surface area contributed by atoms with Gasteiger partial charge in [0.2, 0.25) is 5.91 Å². The van der Waals surface area contributed by atoms with Gasteiger partial charge in [0.05, 0.1) is 5.60 Å². The molecule has 1 amide bonds. The lowest BCUT2D eigenvalue weighted by molar-refractivity contribution is -0.136. The molecular weight excluding hydrogens is 228 g/mol. The molecule has 1 aliphatic carbocycles. The van der Waals surface area contributed by atoms with Crippen LogP contribution < -0.4 is 10.6 Å². The van der Waals surface area contributed by atoms with Crippen LogP contribution in [0.5, 0.6) is 0 Å². The molecule has 1 heterocycles. The standard InChI is InChI=1S/C14H26N2O2/c1-4-11-5-6-12(10(11)2)16-13(17)7-18-14(3)8-15-9-14/h10-12,15H,4-9H2,1-3H3,(H,16,17). The van der Waals surface area contributed by atoms with E-state index in [1.165, 1.54) is 12.8 Å². The van der Waals surface area contributed by atoms with Crippen LogP contribution in [0.25, 0.3) is 0 Å². The second-order valence-electron chi connectivity index (χ2n) is 6.12. The summed E-state index contributed by atoms with van der Waals surface area (Å²) in [5.41, 5.74) is -0.134. The number of nitrogens with one attached hydrogen (secondary N) is 2. The number of ether oxygens (including phenoxy) is 1. The molecule has 104 valence electrons. The molecule has 2 rings (SSSR count). The molecule has 1 saturated carbocycles. The fraction of sp³-hybridized carbons (Fsp3) is 0.929.